The van der Waals surface area contributed by atoms with Crippen molar-refractivity contribution in [2.75, 3.05) is 14.2 Å². The lowest BCUT2D eigenvalue weighted by Crippen LogP contribution is -2.34. The highest BCUT2D eigenvalue weighted by Gasteiger charge is 2.30. The molecule has 0 bridgehead atoms. The molecule has 1 fully saturated rings. The molecule has 4 atom stereocenters. The Bertz CT molecular complexity index is 488. The average Bonchev–Trinajstić information content (AvgIpc) is 2.54. The van der Waals surface area contributed by atoms with Gasteiger partial charge in [0.1, 0.15) is 0 Å². The van der Waals surface area contributed by atoms with E-state index in [1.54, 1.807) is 14.2 Å². The third-order valence-corrected chi connectivity index (χ3v) is 4.77. The Kier molecular flexibility index (Phi) is 6.72. The molecule has 2 rings (SSSR count). The lowest BCUT2D eigenvalue weighted by molar-refractivity contribution is -0.0720. The molecule has 1 aromatic rings. The summed E-state index contributed by atoms with van der Waals surface area (Å²) in [4.78, 5) is 0. The van der Waals surface area contributed by atoms with Crippen LogP contribution in [0.2, 0.25) is 0 Å². The smallest absolute Gasteiger partial charge is 0.160 e. The summed E-state index contributed by atoms with van der Waals surface area (Å²) in [6.07, 6.45) is 4.74. The molecule has 130 valence electrons. The van der Waals surface area contributed by atoms with E-state index >= 15 is 0 Å². The van der Waals surface area contributed by atoms with Crippen LogP contribution in [0, 0.1) is 0 Å². The molecule has 0 amide bonds. The number of hydrogen-bond acceptors (Lipinski definition) is 4. The molecule has 0 unspecified atom stereocenters. The zero-order valence-electron chi connectivity index (χ0n) is 14.7. The van der Waals surface area contributed by atoms with Gasteiger partial charge in [0.2, 0.25) is 0 Å². The van der Waals surface area contributed by atoms with E-state index in [0.717, 1.165) is 43.6 Å². The summed E-state index contributed by atoms with van der Waals surface area (Å²) < 4.78 is 16.9. The molecular formula is C19H30O4. The van der Waals surface area contributed by atoms with E-state index in [2.05, 4.69) is 26.0 Å². The summed E-state index contributed by atoms with van der Waals surface area (Å²) in [6.45, 7) is 4.22. The Morgan fingerprint density at radius 1 is 1.22 bits per heavy atom. The number of benzene rings is 1. The summed E-state index contributed by atoms with van der Waals surface area (Å²) >= 11 is 0. The molecule has 1 aliphatic rings. The first kappa shape index (κ1) is 18.1. The van der Waals surface area contributed by atoms with Gasteiger partial charge in [-0.1, -0.05) is 19.4 Å². The first-order chi connectivity index (χ1) is 11.1. The van der Waals surface area contributed by atoms with Crippen LogP contribution >= 0.6 is 0 Å². The highest BCUT2D eigenvalue weighted by atomic mass is 16.5. The molecule has 0 spiro atoms. The Morgan fingerprint density at radius 2 is 1.96 bits per heavy atom. The number of rotatable bonds is 7. The summed E-state index contributed by atoms with van der Waals surface area (Å²) in [5.74, 6) is 1.87. The van der Waals surface area contributed by atoms with Crippen LogP contribution in [-0.4, -0.2) is 37.6 Å². The van der Waals surface area contributed by atoms with Gasteiger partial charge in [-0.15, -0.1) is 0 Å². The third-order valence-electron chi connectivity index (χ3n) is 4.77. The minimum absolute atomic E-state index is 0.140. The number of hydrogen-bond donors (Lipinski definition) is 1. The minimum atomic E-state index is -0.241. The molecule has 1 aromatic carbocycles. The zero-order chi connectivity index (χ0) is 16.8. The second-order valence-corrected chi connectivity index (χ2v) is 6.44. The number of ether oxygens (including phenoxy) is 3. The van der Waals surface area contributed by atoms with E-state index in [0.29, 0.717) is 5.92 Å². The van der Waals surface area contributed by atoms with Crippen LogP contribution in [0.4, 0.5) is 0 Å². The Balaban J connectivity index is 2.00. The SMILES string of the molecule is CCC[C@H](O)C[C@@H]1CC[C@H](c2ccc(OC)c(OC)c2)[C@@H](C)O1. The molecule has 1 saturated heterocycles. The monoisotopic (exact) mass is 322 g/mol. The van der Waals surface area contributed by atoms with Gasteiger partial charge in [-0.25, -0.2) is 0 Å². The molecule has 4 heteroatoms. The van der Waals surface area contributed by atoms with Crippen LogP contribution in [-0.2, 0) is 4.74 Å². The number of methoxy groups -OCH3 is 2. The van der Waals surface area contributed by atoms with E-state index in [1.165, 1.54) is 5.56 Å². The van der Waals surface area contributed by atoms with E-state index < -0.39 is 0 Å². The molecule has 0 saturated carbocycles. The summed E-state index contributed by atoms with van der Waals surface area (Å²) in [5.41, 5.74) is 1.22. The van der Waals surface area contributed by atoms with Gasteiger partial charge in [-0.05, 0) is 50.3 Å². The lowest BCUT2D eigenvalue weighted by atomic mass is 9.85. The van der Waals surface area contributed by atoms with Crippen molar-refractivity contribution in [1.82, 2.24) is 0 Å². The molecule has 1 N–H and O–H groups in total. The van der Waals surface area contributed by atoms with Crippen molar-refractivity contribution in [3.63, 3.8) is 0 Å². The fourth-order valence-corrected chi connectivity index (χ4v) is 3.52. The van der Waals surface area contributed by atoms with E-state index in [-0.39, 0.29) is 18.3 Å². The highest BCUT2D eigenvalue weighted by molar-refractivity contribution is 5.44. The number of aliphatic hydroxyl groups is 1. The van der Waals surface area contributed by atoms with Crippen molar-refractivity contribution in [1.29, 1.82) is 0 Å². The van der Waals surface area contributed by atoms with Crippen LogP contribution in [0.3, 0.4) is 0 Å². The van der Waals surface area contributed by atoms with E-state index in [4.69, 9.17) is 14.2 Å². The normalized spacial score (nSPS) is 25.9. The zero-order valence-corrected chi connectivity index (χ0v) is 14.7. The second-order valence-electron chi connectivity index (χ2n) is 6.44. The second kappa shape index (κ2) is 8.55. The van der Waals surface area contributed by atoms with Gasteiger partial charge in [-0.2, -0.15) is 0 Å². The molecule has 0 aliphatic carbocycles. The van der Waals surface area contributed by atoms with Crippen molar-refractivity contribution >= 4 is 0 Å². The largest absolute Gasteiger partial charge is 0.493 e. The summed E-state index contributed by atoms with van der Waals surface area (Å²) in [6, 6.07) is 6.10. The maximum absolute atomic E-state index is 9.99. The molecule has 0 radical (unpaired) electrons. The van der Waals surface area contributed by atoms with Crippen LogP contribution in [0.25, 0.3) is 0 Å². The fourth-order valence-electron chi connectivity index (χ4n) is 3.52. The Morgan fingerprint density at radius 3 is 2.57 bits per heavy atom. The van der Waals surface area contributed by atoms with E-state index in [1.807, 2.05) is 6.07 Å². The van der Waals surface area contributed by atoms with Crippen LogP contribution < -0.4 is 9.47 Å². The van der Waals surface area contributed by atoms with Gasteiger partial charge >= 0.3 is 0 Å². The maximum Gasteiger partial charge on any atom is 0.160 e. The minimum Gasteiger partial charge on any atom is -0.493 e. The molecule has 4 nitrogen and oxygen atoms in total. The summed E-state index contributed by atoms with van der Waals surface area (Å²) in [5, 5.41) is 9.99. The predicted molar refractivity (Wildman–Crippen MR) is 91.4 cm³/mol. The Hall–Kier alpha value is -1.26. The molecule has 1 heterocycles. The van der Waals surface area contributed by atoms with Crippen molar-refractivity contribution in [2.24, 2.45) is 0 Å². The fraction of sp³-hybridized carbons (Fsp3) is 0.684. The molecular weight excluding hydrogens is 292 g/mol. The number of aliphatic hydroxyl groups excluding tert-OH is 1. The van der Waals surface area contributed by atoms with Gasteiger partial charge in [0.15, 0.2) is 11.5 Å². The van der Waals surface area contributed by atoms with Gasteiger partial charge in [0, 0.05) is 5.92 Å². The lowest BCUT2D eigenvalue weighted by Gasteiger charge is -2.36. The van der Waals surface area contributed by atoms with Crippen LogP contribution in [0.1, 0.15) is 57.4 Å². The standard InChI is InChI=1S/C19H30O4/c1-5-6-15(20)12-16-8-9-17(13(2)23-16)14-7-10-18(21-3)19(11-14)22-4/h7,10-11,13,15-17,20H,5-6,8-9,12H2,1-4H3/t13-,15+,16+,17+/m1/s1. The Labute approximate surface area is 139 Å². The molecule has 1 aliphatic heterocycles. The van der Waals surface area contributed by atoms with Gasteiger partial charge in [-0.3, -0.25) is 0 Å². The van der Waals surface area contributed by atoms with Crippen molar-refractivity contribution < 1.29 is 19.3 Å². The van der Waals surface area contributed by atoms with Gasteiger partial charge in [0.25, 0.3) is 0 Å². The molecule has 0 aromatic heterocycles. The average molecular weight is 322 g/mol. The third kappa shape index (κ3) is 4.61. The van der Waals surface area contributed by atoms with Crippen molar-refractivity contribution in [2.45, 2.75) is 70.2 Å². The van der Waals surface area contributed by atoms with Crippen LogP contribution in [0.15, 0.2) is 18.2 Å². The van der Waals surface area contributed by atoms with E-state index in [9.17, 15) is 5.11 Å². The molecule has 23 heavy (non-hydrogen) atoms. The topological polar surface area (TPSA) is 47.9 Å². The highest BCUT2D eigenvalue weighted by Crippen LogP contribution is 2.38. The van der Waals surface area contributed by atoms with Crippen LogP contribution in [0.5, 0.6) is 11.5 Å². The maximum atomic E-state index is 9.99. The van der Waals surface area contributed by atoms with Crippen molar-refractivity contribution in [3.8, 4) is 11.5 Å². The first-order valence-corrected chi connectivity index (χ1v) is 8.64. The summed E-state index contributed by atoms with van der Waals surface area (Å²) in [7, 11) is 3.31. The predicted octanol–water partition coefficient (Wildman–Crippen LogP) is 3.91. The van der Waals surface area contributed by atoms with Crippen molar-refractivity contribution in [3.05, 3.63) is 23.8 Å². The van der Waals surface area contributed by atoms with Gasteiger partial charge in [0.05, 0.1) is 32.5 Å². The first-order valence-electron chi connectivity index (χ1n) is 8.64. The quantitative estimate of drug-likeness (QED) is 0.827. The van der Waals surface area contributed by atoms with Gasteiger partial charge < -0.3 is 19.3 Å².